The van der Waals surface area contributed by atoms with Crippen molar-refractivity contribution < 1.29 is 0 Å². The minimum absolute atomic E-state index is 0.488. The van der Waals surface area contributed by atoms with E-state index in [1.165, 1.54) is 22.8 Å². The van der Waals surface area contributed by atoms with Gasteiger partial charge in [0.05, 0.1) is 5.69 Å². The van der Waals surface area contributed by atoms with Crippen LogP contribution in [0.1, 0.15) is 18.0 Å². The lowest BCUT2D eigenvalue weighted by atomic mass is 10.0. The van der Waals surface area contributed by atoms with Crippen LogP contribution in [0.3, 0.4) is 0 Å². The number of fused-ring (bicyclic) bond motifs is 1. The van der Waals surface area contributed by atoms with Crippen molar-refractivity contribution in [3.8, 4) is 0 Å². The quantitative estimate of drug-likeness (QED) is 0.713. The van der Waals surface area contributed by atoms with Gasteiger partial charge in [-0.05, 0) is 24.3 Å². The van der Waals surface area contributed by atoms with Gasteiger partial charge in [-0.1, -0.05) is 0 Å². The highest BCUT2D eigenvalue weighted by atomic mass is 32.2. The van der Waals surface area contributed by atoms with Crippen molar-refractivity contribution in [3.05, 3.63) is 24.0 Å². The maximum atomic E-state index is 5.67. The molecule has 0 bridgehead atoms. The summed E-state index contributed by atoms with van der Waals surface area (Å²) in [5.41, 5.74) is 6.87. The Labute approximate surface area is 76.6 Å². The van der Waals surface area contributed by atoms with E-state index in [-0.39, 0.29) is 0 Å². The van der Waals surface area contributed by atoms with Crippen LogP contribution < -0.4 is 5.73 Å². The molecule has 0 aliphatic carbocycles. The zero-order chi connectivity index (χ0) is 8.39. The summed E-state index contributed by atoms with van der Waals surface area (Å²) in [6.45, 7) is 0.727. The second-order valence-corrected chi connectivity index (χ2v) is 4.09. The van der Waals surface area contributed by atoms with Gasteiger partial charge in [0.2, 0.25) is 0 Å². The van der Waals surface area contributed by atoms with Crippen molar-refractivity contribution in [2.75, 3.05) is 12.3 Å². The fourth-order valence-electron chi connectivity index (χ4n) is 1.51. The van der Waals surface area contributed by atoms with Crippen molar-refractivity contribution in [2.24, 2.45) is 5.73 Å². The monoisotopic (exact) mass is 180 g/mol. The van der Waals surface area contributed by atoms with E-state index < -0.39 is 0 Å². The van der Waals surface area contributed by atoms with Gasteiger partial charge in [-0.15, -0.1) is 11.8 Å². The summed E-state index contributed by atoms with van der Waals surface area (Å²) in [5.74, 6) is 1.67. The van der Waals surface area contributed by atoms with Gasteiger partial charge in [-0.25, -0.2) is 0 Å². The molecule has 0 amide bonds. The first-order valence-electron chi connectivity index (χ1n) is 4.19. The molecular formula is C9H12N2S. The van der Waals surface area contributed by atoms with Gasteiger partial charge in [-0.3, -0.25) is 4.98 Å². The number of hydrogen-bond donors (Lipinski definition) is 1. The standard InChI is InChI=1S/C9H12N2S/c10-6-7-3-5-12-8-2-1-4-11-9(7)8/h1-2,4,7H,3,5-6,10H2/t7-/m1/s1. The number of pyridine rings is 1. The molecule has 1 aromatic rings. The Morgan fingerprint density at radius 2 is 2.58 bits per heavy atom. The molecule has 0 saturated carbocycles. The van der Waals surface area contributed by atoms with E-state index in [0.717, 1.165) is 6.54 Å². The van der Waals surface area contributed by atoms with Gasteiger partial charge >= 0.3 is 0 Å². The van der Waals surface area contributed by atoms with Gasteiger partial charge in [0, 0.05) is 23.6 Å². The number of aromatic nitrogens is 1. The Morgan fingerprint density at radius 1 is 1.67 bits per heavy atom. The molecule has 0 saturated heterocycles. The first-order chi connectivity index (χ1) is 5.92. The second-order valence-electron chi connectivity index (χ2n) is 2.96. The average molecular weight is 180 g/mol. The highest BCUT2D eigenvalue weighted by molar-refractivity contribution is 7.99. The molecule has 2 heterocycles. The number of thioether (sulfide) groups is 1. The van der Waals surface area contributed by atoms with Crippen LogP contribution in [-0.4, -0.2) is 17.3 Å². The molecule has 1 atom stereocenters. The molecule has 1 aliphatic heterocycles. The van der Waals surface area contributed by atoms with Crippen LogP contribution in [0.5, 0.6) is 0 Å². The molecule has 0 aromatic carbocycles. The largest absolute Gasteiger partial charge is 0.330 e. The summed E-state index contributed by atoms with van der Waals surface area (Å²) in [7, 11) is 0. The summed E-state index contributed by atoms with van der Waals surface area (Å²) in [4.78, 5) is 5.69. The number of nitrogens with zero attached hydrogens (tertiary/aromatic N) is 1. The second kappa shape index (κ2) is 3.46. The maximum absolute atomic E-state index is 5.67. The van der Waals surface area contributed by atoms with Gasteiger partial charge in [0.25, 0.3) is 0 Å². The van der Waals surface area contributed by atoms with Crippen LogP contribution in [-0.2, 0) is 0 Å². The number of hydrogen-bond acceptors (Lipinski definition) is 3. The summed E-state index contributed by atoms with van der Waals surface area (Å²) >= 11 is 1.89. The van der Waals surface area contributed by atoms with Crippen molar-refractivity contribution in [3.63, 3.8) is 0 Å². The Kier molecular flexibility index (Phi) is 2.33. The molecule has 12 heavy (non-hydrogen) atoms. The average Bonchev–Trinajstić information content (AvgIpc) is 2.17. The molecule has 2 rings (SSSR count). The predicted octanol–water partition coefficient (Wildman–Crippen LogP) is 1.62. The third kappa shape index (κ3) is 1.34. The normalized spacial score (nSPS) is 21.9. The number of rotatable bonds is 1. The highest BCUT2D eigenvalue weighted by Gasteiger charge is 2.19. The van der Waals surface area contributed by atoms with E-state index in [1.807, 2.05) is 24.0 Å². The molecule has 0 radical (unpaired) electrons. The van der Waals surface area contributed by atoms with Gasteiger partial charge in [0.15, 0.2) is 0 Å². The molecule has 2 nitrogen and oxygen atoms in total. The molecular weight excluding hydrogens is 168 g/mol. The topological polar surface area (TPSA) is 38.9 Å². The first-order valence-corrected chi connectivity index (χ1v) is 5.18. The van der Waals surface area contributed by atoms with E-state index >= 15 is 0 Å². The van der Waals surface area contributed by atoms with E-state index in [9.17, 15) is 0 Å². The zero-order valence-corrected chi connectivity index (χ0v) is 7.68. The third-order valence-electron chi connectivity index (χ3n) is 2.19. The van der Waals surface area contributed by atoms with Crippen LogP contribution in [0.15, 0.2) is 23.2 Å². The third-order valence-corrected chi connectivity index (χ3v) is 3.29. The first kappa shape index (κ1) is 8.08. The van der Waals surface area contributed by atoms with E-state index in [2.05, 4.69) is 11.1 Å². The fraction of sp³-hybridized carbons (Fsp3) is 0.444. The Morgan fingerprint density at radius 3 is 3.42 bits per heavy atom. The lowest BCUT2D eigenvalue weighted by Gasteiger charge is -2.21. The maximum Gasteiger partial charge on any atom is 0.0582 e. The van der Waals surface area contributed by atoms with Gasteiger partial charge in [0.1, 0.15) is 0 Å². The van der Waals surface area contributed by atoms with Crippen molar-refractivity contribution >= 4 is 11.8 Å². The molecule has 1 aromatic heterocycles. The smallest absolute Gasteiger partial charge is 0.0582 e. The molecule has 2 N–H and O–H groups in total. The summed E-state index contributed by atoms with van der Waals surface area (Å²) in [6, 6.07) is 4.12. The van der Waals surface area contributed by atoms with Crippen LogP contribution in [0.25, 0.3) is 0 Å². The summed E-state index contributed by atoms with van der Waals surface area (Å²) in [5, 5.41) is 0. The van der Waals surface area contributed by atoms with Gasteiger partial charge < -0.3 is 5.73 Å². The van der Waals surface area contributed by atoms with E-state index in [4.69, 9.17) is 5.73 Å². The van der Waals surface area contributed by atoms with Crippen molar-refractivity contribution in [1.29, 1.82) is 0 Å². The minimum Gasteiger partial charge on any atom is -0.330 e. The SMILES string of the molecule is NC[C@H]1CCSc2cccnc21. The molecule has 0 unspecified atom stereocenters. The van der Waals surface area contributed by atoms with E-state index in [1.54, 1.807) is 0 Å². The zero-order valence-electron chi connectivity index (χ0n) is 6.86. The van der Waals surface area contributed by atoms with Crippen molar-refractivity contribution in [2.45, 2.75) is 17.2 Å². The highest BCUT2D eigenvalue weighted by Crippen LogP contribution is 2.34. The molecule has 3 heteroatoms. The number of nitrogens with two attached hydrogens (primary N) is 1. The van der Waals surface area contributed by atoms with E-state index in [0.29, 0.717) is 5.92 Å². The fourth-order valence-corrected chi connectivity index (χ4v) is 2.67. The van der Waals surface area contributed by atoms with Crippen LogP contribution in [0.4, 0.5) is 0 Å². The molecule has 0 spiro atoms. The van der Waals surface area contributed by atoms with Crippen molar-refractivity contribution in [1.82, 2.24) is 4.98 Å². The summed E-state index contributed by atoms with van der Waals surface area (Å²) < 4.78 is 0. The Bertz CT molecular complexity index is 275. The van der Waals surface area contributed by atoms with Gasteiger partial charge in [-0.2, -0.15) is 0 Å². The molecule has 1 aliphatic rings. The van der Waals surface area contributed by atoms with Crippen LogP contribution >= 0.6 is 11.8 Å². The lowest BCUT2D eigenvalue weighted by Crippen LogP contribution is -2.18. The minimum atomic E-state index is 0.488. The van der Waals surface area contributed by atoms with Crippen LogP contribution in [0.2, 0.25) is 0 Å². The molecule has 64 valence electrons. The van der Waals surface area contributed by atoms with Crippen LogP contribution in [0, 0.1) is 0 Å². The predicted molar refractivity (Wildman–Crippen MR) is 51.4 cm³/mol. The Balaban J connectivity index is 2.37. The Hall–Kier alpha value is -0.540. The lowest BCUT2D eigenvalue weighted by molar-refractivity contribution is 0.635. The summed E-state index contributed by atoms with van der Waals surface area (Å²) in [6.07, 6.45) is 3.03. The molecule has 0 fully saturated rings.